The molecule has 0 aliphatic rings. The van der Waals surface area contributed by atoms with Crippen LogP contribution in [-0.2, 0) is 11.0 Å². The average Bonchev–Trinajstić information content (AvgIpc) is 3.30. The van der Waals surface area contributed by atoms with Crippen LogP contribution in [0.5, 0.6) is 0 Å². The number of rotatable bonds is 6. The molecule has 13 heteroatoms. The number of carbonyl (C=O) groups excluding carboxylic acids is 2. The number of hydrogen-bond acceptors (Lipinski definition) is 7. The molecule has 0 radical (unpaired) electrons. The largest absolute Gasteiger partial charge is 0.416 e. The van der Waals surface area contributed by atoms with Crippen molar-refractivity contribution in [3.8, 4) is 0 Å². The van der Waals surface area contributed by atoms with Gasteiger partial charge in [-0.2, -0.15) is 13.2 Å². The summed E-state index contributed by atoms with van der Waals surface area (Å²) in [6.07, 6.45) is -4.55. The van der Waals surface area contributed by atoms with Gasteiger partial charge in [-0.3, -0.25) is 14.9 Å². The lowest BCUT2D eigenvalue weighted by Crippen LogP contribution is -2.15. The number of carbonyl (C=O) groups is 2. The lowest BCUT2D eigenvalue weighted by atomic mass is 10.2. The topological polar surface area (TPSA) is 84.0 Å². The second kappa shape index (κ2) is 9.33. The van der Waals surface area contributed by atoms with E-state index in [-0.39, 0.29) is 27.5 Å². The van der Waals surface area contributed by atoms with Crippen LogP contribution in [0.4, 0.5) is 24.0 Å². The highest BCUT2D eigenvalue weighted by atomic mass is 35.5. The van der Waals surface area contributed by atoms with E-state index in [1.807, 2.05) is 12.3 Å². The summed E-state index contributed by atoms with van der Waals surface area (Å²) in [5, 5.41) is 14.8. The first-order chi connectivity index (χ1) is 14.1. The Bertz CT molecular complexity index is 1080. The zero-order chi connectivity index (χ0) is 21.9. The third-order valence-corrected chi connectivity index (χ3v) is 6.82. The molecule has 0 unspecified atom stereocenters. The molecule has 0 aliphatic heterocycles. The first-order valence-electron chi connectivity index (χ1n) is 8.11. The zero-order valence-corrected chi connectivity index (χ0v) is 18.2. The third-order valence-electron chi connectivity index (χ3n) is 3.48. The Hall–Kier alpha value is -2.15. The molecule has 2 heterocycles. The molecular formula is C17H12ClF3N4O2S3. The van der Waals surface area contributed by atoms with Crippen molar-refractivity contribution < 1.29 is 22.8 Å². The number of nitrogens with zero attached hydrogens (tertiary/aromatic N) is 2. The Morgan fingerprint density at radius 2 is 1.97 bits per heavy atom. The van der Waals surface area contributed by atoms with Crippen LogP contribution in [0.1, 0.15) is 20.8 Å². The fourth-order valence-corrected chi connectivity index (χ4v) is 4.64. The lowest BCUT2D eigenvalue weighted by molar-refractivity contribution is -0.137. The average molecular weight is 493 g/mol. The van der Waals surface area contributed by atoms with E-state index in [2.05, 4.69) is 20.8 Å². The minimum atomic E-state index is -4.55. The molecule has 2 N–H and O–H groups in total. The minimum Gasteiger partial charge on any atom is -0.324 e. The monoisotopic (exact) mass is 492 g/mol. The van der Waals surface area contributed by atoms with Gasteiger partial charge < -0.3 is 5.32 Å². The predicted molar refractivity (Wildman–Crippen MR) is 113 cm³/mol. The highest BCUT2D eigenvalue weighted by Crippen LogP contribution is 2.34. The first-order valence-corrected chi connectivity index (χ1v) is 11.2. The zero-order valence-electron chi connectivity index (χ0n) is 15.0. The standard InChI is InChI=1S/C17H12ClF3N4O2S3/c1-8-4-12(28-6-8)14(27)23-15-24-25-16(30-15)29-7-13(26)22-11-5-9(17(19,20)21)2-3-10(11)18/h2-6H,7H2,1H3,(H,22,26)(H,23,24,27). The molecule has 0 atom stereocenters. The first kappa shape index (κ1) is 22.5. The van der Waals surface area contributed by atoms with E-state index in [0.29, 0.717) is 9.22 Å². The molecule has 6 nitrogen and oxygen atoms in total. The summed E-state index contributed by atoms with van der Waals surface area (Å²) in [7, 11) is 0. The van der Waals surface area contributed by atoms with E-state index in [1.54, 1.807) is 6.07 Å². The van der Waals surface area contributed by atoms with Gasteiger partial charge in [-0.05, 0) is 42.1 Å². The number of aryl methyl sites for hydroxylation is 1. The van der Waals surface area contributed by atoms with Crippen LogP contribution in [0.2, 0.25) is 5.02 Å². The molecule has 0 aliphatic carbocycles. The second-order valence-electron chi connectivity index (χ2n) is 5.84. The number of halogens is 4. The maximum atomic E-state index is 12.8. The normalized spacial score (nSPS) is 11.4. The fraction of sp³-hybridized carbons (Fsp3) is 0.176. The number of hydrogen-bond donors (Lipinski definition) is 2. The summed E-state index contributed by atoms with van der Waals surface area (Å²) in [6.45, 7) is 1.88. The number of aromatic nitrogens is 2. The number of thiophene rings is 1. The van der Waals surface area contributed by atoms with Crippen LogP contribution in [0.3, 0.4) is 0 Å². The van der Waals surface area contributed by atoms with Gasteiger partial charge in [-0.15, -0.1) is 21.5 Å². The van der Waals surface area contributed by atoms with Crippen molar-refractivity contribution in [1.29, 1.82) is 0 Å². The van der Waals surface area contributed by atoms with Gasteiger partial charge in [0.25, 0.3) is 5.91 Å². The van der Waals surface area contributed by atoms with Gasteiger partial charge >= 0.3 is 6.18 Å². The van der Waals surface area contributed by atoms with Crippen LogP contribution in [-0.4, -0.2) is 27.8 Å². The summed E-state index contributed by atoms with van der Waals surface area (Å²) in [5.74, 6) is -0.993. The Balaban J connectivity index is 1.55. The van der Waals surface area contributed by atoms with Crippen LogP contribution >= 0.6 is 46.0 Å². The summed E-state index contributed by atoms with van der Waals surface area (Å²) in [5.41, 5.74) is -0.0700. The predicted octanol–water partition coefficient (Wildman–Crippen LogP) is 5.56. The van der Waals surface area contributed by atoms with Gasteiger partial charge in [0.2, 0.25) is 11.0 Å². The molecule has 0 fully saturated rings. The van der Waals surface area contributed by atoms with E-state index in [4.69, 9.17) is 11.6 Å². The van der Waals surface area contributed by atoms with Crippen molar-refractivity contribution in [2.45, 2.75) is 17.4 Å². The van der Waals surface area contributed by atoms with E-state index < -0.39 is 17.6 Å². The van der Waals surface area contributed by atoms with Crippen LogP contribution in [0, 0.1) is 6.92 Å². The second-order valence-corrected chi connectivity index (χ2v) is 9.36. The SMILES string of the molecule is Cc1csc(C(=O)Nc2nnc(SCC(=O)Nc3cc(C(F)(F)F)ccc3Cl)s2)c1. The summed E-state index contributed by atoms with van der Waals surface area (Å²) < 4.78 is 38.8. The van der Waals surface area contributed by atoms with Crippen molar-refractivity contribution in [1.82, 2.24) is 10.2 Å². The van der Waals surface area contributed by atoms with E-state index >= 15 is 0 Å². The number of nitrogens with one attached hydrogen (secondary N) is 2. The highest BCUT2D eigenvalue weighted by molar-refractivity contribution is 8.01. The molecule has 158 valence electrons. The van der Waals surface area contributed by atoms with Gasteiger partial charge in [-0.25, -0.2) is 0 Å². The van der Waals surface area contributed by atoms with Crippen molar-refractivity contribution in [3.63, 3.8) is 0 Å². The van der Waals surface area contributed by atoms with Gasteiger partial charge in [0.05, 0.1) is 26.9 Å². The van der Waals surface area contributed by atoms with Gasteiger partial charge in [0, 0.05) is 0 Å². The molecule has 2 amide bonds. The summed E-state index contributed by atoms with van der Waals surface area (Å²) in [4.78, 5) is 24.7. The van der Waals surface area contributed by atoms with Gasteiger partial charge in [-0.1, -0.05) is 34.7 Å². The van der Waals surface area contributed by atoms with Crippen LogP contribution in [0.15, 0.2) is 34.0 Å². The van der Waals surface area contributed by atoms with Gasteiger partial charge in [0.15, 0.2) is 4.34 Å². The Morgan fingerprint density at radius 3 is 2.63 bits per heavy atom. The lowest BCUT2D eigenvalue weighted by Gasteiger charge is -2.11. The summed E-state index contributed by atoms with van der Waals surface area (Å²) >= 11 is 9.28. The van der Waals surface area contributed by atoms with Crippen molar-refractivity contribution in [3.05, 3.63) is 50.7 Å². The number of thioether (sulfide) groups is 1. The van der Waals surface area contributed by atoms with E-state index in [9.17, 15) is 22.8 Å². The van der Waals surface area contributed by atoms with Gasteiger partial charge in [0.1, 0.15) is 0 Å². The molecule has 30 heavy (non-hydrogen) atoms. The maximum Gasteiger partial charge on any atom is 0.416 e. The Kier molecular flexibility index (Phi) is 7.01. The Morgan fingerprint density at radius 1 is 1.20 bits per heavy atom. The quantitative estimate of drug-likeness (QED) is 0.347. The smallest absolute Gasteiger partial charge is 0.324 e. The summed E-state index contributed by atoms with van der Waals surface area (Å²) in [6, 6.07) is 4.43. The highest BCUT2D eigenvalue weighted by Gasteiger charge is 2.31. The molecule has 0 spiro atoms. The molecule has 3 aromatic rings. The van der Waals surface area contributed by atoms with Crippen LogP contribution in [0.25, 0.3) is 0 Å². The number of alkyl halides is 3. The molecule has 3 rings (SSSR count). The molecule has 1 aromatic carbocycles. The molecule has 2 aromatic heterocycles. The number of benzene rings is 1. The Labute approximate surface area is 185 Å². The molecule has 0 saturated carbocycles. The number of amides is 2. The maximum absolute atomic E-state index is 12.8. The minimum absolute atomic E-state index is 0.00826. The van der Waals surface area contributed by atoms with Crippen molar-refractivity contribution in [2.75, 3.05) is 16.4 Å². The third kappa shape index (κ3) is 5.94. The van der Waals surface area contributed by atoms with E-state index in [0.717, 1.165) is 46.9 Å². The van der Waals surface area contributed by atoms with E-state index in [1.165, 1.54) is 11.3 Å². The molecule has 0 saturated heterocycles. The van der Waals surface area contributed by atoms with Crippen molar-refractivity contribution >= 4 is 68.7 Å². The fourth-order valence-electron chi connectivity index (χ4n) is 2.14. The van der Waals surface area contributed by atoms with Crippen LogP contribution < -0.4 is 10.6 Å². The molecular weight excluding hydrogens is 481 g/mol. The number of anilines is 2. The molecule has 0 bridgehead atoms. The van der Waals surface area contributed by atoms with Crippen molar-refractivity contribution in [2.24, 2.45) is 0 Å².